The molecule has 0 fully saturated rings. The van der Waals surface area contributed by atoms with Gasteiger partial charge in [-0.1, -0.05) is 0 Å². The van der Waals surface area contributed by atoms with Crippen LogP contribution in [0.5, 0.6) is 0 Å². The molecular formula is C18H22BrN3O4. The molecule has 1 unspecified atom stereocenters. The zero-order valence-electron chi connectivity index (χ0n) is 15.0. The van der Waals surface area contributed by atoms with E-state index in [0.717, 1.165) is 11.3 Å². The average molecular weight is 424 g/mol. The van der Waals surface area contributed by atoms with Crippen LogP contribution in [0.3, 0.4) is 0 Å². The molecule has 0 saturated carbocycles. The number of carbonyl (C=O) groups is 1. The number of aromatic nitrogens is 1. The lowest BCUT2D eigenvalue weighted by Gasteiger charge is -2.22. The van der Waals surface area contributed by atoms with Crippen molar-refractivity contribution < 1.29 is 18.4 Å². The number of methoxy groups -OCH3 is 1. The highest BCUT2D eigenvalue weighted by atomic mass is 79.9. The van der Waals surface area contributed by atoms with Crippen LogP contribution in [0.25, 0.3) is 11.1 Å². The van der Waals surface area contributed by atoms with Crippen LogP contribution in [-0.2, 0) is 11.3 Å². The van der Waals surface area contributed by atoms with E-state index in [1.807, 2.05) is 41.8 Å². The van der Waals surface area contributed by atoms with Crippen molar-refractivity contribution in [3.8, 4) is 0 Å². The molecule has 1 N–H and O–H groups in total. The van der Waals surface area contributed by atoms with Gasteiger partial charge in [0.05, 0.1) is 24.4 Å². The molecule has 0 aromatic carbocycles. The van der Waals surface area contributed by atoms with Gasteiger partial charge in [0.1, 0.15) is 11.5 Å². The zero-order chi connectivity index (χ0) is 18.7. The molecule has 0 bridgehead atoms. The third-order valence-electron chi connectivity index (χ3n) is 4.26. The summed E-state index contributed by atoms with van der Waals surface area (Å²) >= 11 is 3.33. The number of nitrogens with zero attached hydrogens (tertiary/aromatic N) is 2. The summed E-state index contributed by atoms with van der Waals surface area (Å²) in [6.45, 7) is 1.49. The second-order valence-corrected chi connectivity index (χ2v) is 6.96. The van der Waals surface area contributed by atoms with Crippen molar-refractivity contribution in [1.82, 2.24) is 14.8 Å². The summed E-state index contributed by atoms with van der Waals surface area (Å²) in [6, 6.07) is 7.31. The van der Waals surface area contributed by atoms with Gasteiger partial charge in [-0.15, -0.1) is 0 Å². The van der Waals surface area contributed by atoms with E-state index in [2.05, 4.69) is 21.2 Å². The maximum atomic E-state index is 12.8. The minimum atomic E-state index is -0.165. The largest absolute Gasteiger partial charge is 0.468 e. The maximum absolute atomic E-state index is 12.8. The summed E-state index contributed by atoms with van der Waals surface area (Å²) in [7, 11) is 5.54. The lowest BCUT2D eigenvalue weighted by atomic mass is 10.2. The van der Waals surface area contributed by atoms with Crippen LogP contribution >= 0.6 is 15.9 Å². The number of halogens is 1. The molecule has 140 valence electrons. The molecule has 8 heteroatoms. The molecule has 0 aliphatic rings. The van der Waals surface area contributed by atoms with E-state index in [-0.39, 0.29) is 11.9 Å². The van der Waals surface area contributed by atoms with Crippen LogP contribution in [-0.4, -0.2) is 49.7 Å². The predicted octanol–water partition coefficient (Wildman–Crippen LogP) is 3.27. The molecule has 3 heterocycles. The van der Waals surface area contributed by atoms with Crippen LogP contribution < -0.4 is 5.32 Å². The second kappa shape index (κ2) is 8.11. The summed E-state index contributed by atoms with van der Waals surface area (Å²) in [5.41, 5.74) is 2.06. The van der Waals surface area contributed by atoms with Crippen molar-refractivity contribution in [3.63, 3.8) is 0 Å². The first-order valence-corrected chi connectivity index (χ1v) is 9.06. The van der Waals surface area contributed by atoms with Crippen molar-refractivity contribution in [2.75, 3.05) is 34.4 Å². The molecule has 0 radical (unpaired) electrons. The van der Waals surface area contributed by atoms with Crippen LogP contribution in [0.1, 0.15) is 22.3 Å². The molecule has 0 aliphatic heterocycles. The van der Waals surface area contributed by atoms with Crippen LogP contribution in [0, 0.1) is 0 Å². The van der Waals surface area contributed by atoms with Gasteiger partial charge in [-0.05, 0) is 42.2 Å². The summed E-state index contributed by atoms with van der Waals surface area (Å²) in [5, 5.41) is 3.00. The number of hydrogen-bond acceptors (Lipinski definition) is 5. The molecule has 1 atom stereocenters. The van der Waals surface area contributed by atoms with Gasteiger partial charge >= 0.3 is 0 Å². The highest BCUT2D eigenvalue weighted by molar-refractivity contribution is 9.10. The summed E-state index contributed by atoms with van der Waals surface area (Å²) in [6.07, 6.45) is 1.63. The number of rotatable bonds is 8. The first kappa shape index (κ1) is 18.8. The Balaban J connectivity index is 1.79. The predicted molar refractivity (Wildman–Crippen MR) is 101 cm³/mol. The van der Waals surface area contributed by atoms with Gasteiger partial charge < -0.3 is 23.5 Å². The second-order valence-electron chi connectivity index (χ2n) is 6.18. The molecule has 0 aliphatic carbocycles. The first-order chi connectivity index (χ1) is 12.5. The number of likely N-dealkylation sites (N-methyl/N-ethyl adjacent to an activating group) is 1. The smallest absolute Gasteiger partial charge is 0.268 e. The molecule has 3 aromatic heterocycles. The molecule has 3 rings (SSSR count). The molecule has 3 aromatic rings. The van der Waals surface area contributed by atoms with Gasteiger partial charge in [-0.2, -0.15) is 0 Å². The summed E-state index contributed by atoms with van der Waals surface area (Å²) in [4.78, 5) is 14.8. The Morgan fingerprint density at radius 3 is 2.88 bits per heavy atom. The number of furan rings is 2. The maximum Gasteiger partial charge on any atom is 0.268 e. The number of ether oxygens (including phenoxy) is 1. The third-order valence-corrected chi connectivity index (χ3v) is 4.65. The van der Waals surface area contributed by atoms with Gasteiger partial charge in [-0.3, -0.25) is 9.69 Å². The van der Waals surface area contributed by atoms with Crippen molar-refractivity contribution in [2.24, 2.45) is 0 Å². The van der Waals surface area contributed by atoms with Gasteiger partial charge in [0, 0.05) is 32.3 Å². The van der Waals surface area contributed by atoms with Crippen LogP contribution in [0.15, 0.2) is 44.0 Å². The van der Waals surface area contributed by atoms with Crippen LogP contribution in [0.4, 0.5) is 0 Å². The number of nitrogens with one attached hydrogen (secondary N) is 1. The molecule has 0 spiro atoms. The average Bonchev–Trinajstić information content (AvgIpc) is 3.29. The lowest BCUT2D eigenvalue weighted by Crippen LogP contribution is -2.35. The Morgan fingerprint density at radius 2 is 2.23 bits per heavy atom. The molecule has 1 amide bonds. The lowest BCUT2D eigenvalue weighted by molar-refractivity contribution is 0.0927. The monoisotopic (exact) mass is 423 g/mol. The van der Waals surface area contributed by atoms with E-state index < -0.39 is 0 Å². The summed E-state index contributed by atoms with van der Waals surface area (Å²) in [5.74, 6) is 0.643. The molecule has 0 saturated heterocycles. The van der Waals surface area contributed by atoms with Gasteiger partial charge in [0.25, 0.3) is 5.91 Å². The Labute approximate surface area is 160 Å². The first-order valence-electron chi connectivity index (χ1n) is 8.26. The third kappa shape index (κ3) is 3.87. The van der Waals surface area contributed by atoms with E-state index >= 15 is 0 Å². The number of carbonyl (C=O) groups excluding carboxylic acids is 1. The minimum absolute atomic E-state index is 0.0477. The van der Waals surface area contributed by atoms with Crippen molar-refractivity contribution in [2.45, 2.75) is 12.6 Å². The standard InChI is InChI=1S/C18H22BrN3O4/c1-21(2)14(15-5-4-7-25-15)11-20-18(23)13-9-16-12(10-17(19)26-16)22(13)6-8-24-3/h4-5,7,9-10,14H,6,8,11H2,1-3H3,(H,20,23). The summed E-state index contributed by atoms with van der Waals surface area (Å²) < 4.78 is 18.8. The fraction of sp³-hybridized carbons (Fsp3) is 0.389. The minimum Gasteiger partial charge on any atom is -0.468 e. The van der Waals surface area contributed by atoms with Gasteiger partial charge in [-0.25, -0.2) is 0 Å². The Hall–Kier alpha value is -2.03. The molecule has 26 heavy (non-hydrogen) atoms. The quantitative estimate of drug-likeness (QED) is 0.601. The topological polar surface area (TPSA) is 72.8 Å². The van der Waals surface area contributed by atoms with Crippen LogP contribution in [0.2, 0.25) is 0 Å². The molecule has 7 nitrogen and oxygen atoms in total. The highest BCUT2D eigenvalue weighted by Gasteiger charge is 2.22. The molecular weight excluding hydrogens is 402 g/mol. The fourth-order valence-corrected chi connectivity index (χ4v) is 3.31. The van der Waals surface area contributed by atoms with E-state index in [1.165, 1.54) is 0 Å². The normalized spacial score (nSPS) is 12.8. The Morgan fingerprint density at radius 1 is 1.42 bits per heavy atom. The van der Waals surface area contributed by atoms with E-state index in [1.54, 1.807) is 19.4 Å². The number of amides is 1. The Kier molecular flexibility index (Phi) is 5.85. The van der Waals surface area contributed by atoms with Crippen molar-refractivity contribution >= 4 is 32.9 Å². The van der Waals surface area contributed by atoms with Gasteiger partial charge in [0.15, 0.2) is 10.3 Å². The highest BCUT2D eigenvalue weighted by Crippen LogP contribution is 2.27. The Bertz CT molecular complexity index is 867. The van der Waals surface area contributed by atoms with Crippen molar-refractivity contribution in [1.29, 1.82) is 0 Å². The number of hydrogen-bond donors (Lipinski definition) is 1. The fourth-order valence-electron chi connectivity index (χ4n) is 2.92. The van der Waals surface area contributed by atoms with E-state index in [9.17, 15) is 4.79 Å². The van der Waals surface area contributed by atoms with E-state index in [4.69, 9.17) is 13.6 Å². The SMILES string of the molecule is COCCn1c(C(=O)NCC(c2ccco2)N(C)C)cc2oc(Br)cc21. The van der Waals surface area contributed by atoms with Crippen molar-refractivity contribution in [3.05, 3.63) is 46.7 Å². The van der Waals surface area contributed by atoms with E-state index in [0.29, 0.717) is 35.6 Å². The number of fused-ring (bicyclic) bond motifs is 1. The zero-order valence-corrected chi connectivity index (χ0v) is 16.6. The van der Waals surface area contributed by atoms with Gasteiger partial charge in [0.2, 0.25) is 0 Å².